The molecule has 1 aromatic rings. The molecule has 1 saturated carbocycles. The Morgan fingerprint density at radius 1 is 1.32 bits per heavy atom. The fourth-order valence-electron chi connectivity index (χ4n) is 3.90. The highest BCUT2D eigenvalue weighted by Crippen LogP contribution is 2.40. The van der Waals surface area contributed by atoms with Crippen molar-refractivity contribution in [2.24, 2.45) is 11.8 Å². The van der Waals surface area contributed by atoms with Crippen LogP contribution < -0.4 is 0 Å². The number of hydrogen-bond donors (Lipinski definition) is 0. The van der Waals surface area contributed by atoms with Crippen LogP contribution in [-0.4, -0.2) is 30.7 Å². The first kappa shape index (κ1) is 15.0. The molecular formula is C19H23NO2. The molecule has 3 heteroatoms. The van der Waals surface area contributed by atoms with E-state index in [4.69, 9.17) is 4.74 Å². The van der Waals surface area contributed by atoms with Gasteiger partial charge in [0.15, 0.2) is 0 Å². The fraction of sp³-hybridized carbons (Fsp3) is 0.526. The molecule has 3 atom stereocenters. The van der Waals surface area contributed by atoms with Gasteiger partial charge in [-0.2, -0.15) is 0 Å². The number of methoxy groups -OCH3 is 1. The normalized spacial score (nSPS) is 26.8. The second kappa shape index (κ2) is 6.44. The van der Waals surface area contributed by atoms with Crippen LogP contribution in [0.3, 0.4) is 0 Å². The van der Waals surface area contributed by atoms with Gasteiger partial charge in [0.2, 0.25) is 0 Å². The predicted molar refractivity (Wildman–Crippen MR) is 86.4 cm³/mol. The Hall–Kier alpha value is -1.95. The molecule has 1 aliphatic heterocycles. The van der Waals surface area contributed by atoms with Crippen molar-refractivity contribution in [3.8, 4) is 11.8 Å². The Labute approximate surface area is 132 Å². The van der Waals surface area contributed by atoms with E-state index in [-0.39, 0.29) is 6.09 Å². The van der Waals surface area contributed by atoms with Gasteiger partial charge < -0.3 is 9.64 Å². The molecular weight excluding hydrogens is 274 g/mol. The number of rotatable bonds is 0. The quantitative estimate of drug-likeness (QED) is 0.685. The lowest BCUT2D eigenvalue weighted by atomic mass is 9.76. The molecule has 1 amide bonds. The zero-order valence-electron chi connectivity index (χ0n) is 13.3. The van der Waals surface area contributed by atoms with Crippen LogP contribution in [0.15, 0.2) is 24.3 Å². The predicted octanol–water partition coefficient (Wildman–Crippen LogP) is 3.60. The van der Waals surface area contributed by atoms with E-state index in [9.17, 15) is 4.79 Å². The molecule has 0 aromatic heterocycles. The summed E-state index contributed by atoms with van der Waals surface area (Å²) >= 11 is 0. The van der Waals surface area contributed by atoms with Gasteiger partial charge in [0, 0.05) is 24.1 Å². The molecule has 3 unspecified atom stereocenters. The van der Waals surface area contributed by atoms with Crippen molar-refractivity contribution in [3.05, 3.63) is 35.4 Å². The molecule has 3 nitrogen and oxygen atoms in total. The van der Waals surface area contributed by atoms with Gasteiger partial charge in [0.1, 0.15) is 0 Å². The molecule has 116 valence electrons. The molecule has 0 N–H and O–H groups in total. The molecule has 2 aliphatic rings. The van der Waals surface area contributed by atoms with Gasteiger partial charge in [-0.15, -0.1) is 0 Å². The minimum Gasteiger partial charge on any atom is -0.453 e. The van der Waals surface area contributed by atoms with Gasteiger partial charge in [0.25, 0.3) is 0 Å². The van der Waals surface area contributed by atoms with Crippen molar-refractivity contribution in [1.82, 2.24) is 4.90 Å². The van der Waals surface area contributed by atoms with Crippen LogP contribution in [-0.2, 0) is 4.74 Å². The smallest absolute Gasteiger partial charge is 0.409 e. The maximum Gasteiger partial charge on any atom is 0.409 e. The first-order valence-electron chi connectivity index (χ1n) is 8.12. The zero-order valence-corrected chi connectivity index (χ0v) is 13.3. The number of hydrogen-bond acceptors (Lipinski definition) is 2. The number of fused-ring (bicyclic) bond motifs is 1. The topological polar surface area (TPSA) is 29.5 Å². The summed E-state index contributed by atoms with van der Waals surface area (Å²) in [4.78, 5) is 13.8. The van der Waals surface area contributed by atoms with E-state index in [1.54, 1.807) is 0 Å². The van der Waals surface area contributed by atoms with Gasteiger partial charge in [-0.25, -0.2) is 4.79 Å². The van der Waals surface area contributed by atoms with E-state index >= 15 is 0 Å². The SMILES string of the molecule is COC(=O)N1CCC2C(C#Cc3cccc(C)c3)CCCC21. The van der Waals surface area contributed by atoms with E-state index in [0.29, 0.717) is 17.9 Å². The van der Waals surface area contributed by atoms with Crippen LogP contribution in [0.25, 0.3) is 0 Å². The lowest BCUT2D eigenvalue weighted by Crippen LogP contribution is -2.41. The minimum absolute atomic E-state index is 0.181. The van der Waals surface area contributed by atoms with E-state index in [0.717, 1.165) is 37.8 Å². The molecule has 0 spiro atoms. The van der Waals surface area contributed by atoms with Crippen LogP contribution >= 0.6 is 0 Å². The highest BCUT2D eigenvalue weighted by atomic mass is 16.5. The summed E-state index contributed by atoms with van der Waals surface area (Å²) in [5, 5.41) is 0. The summed E-state index contributed by atoms with van der Waals surface area (Å²) in [6.45, 7) is 2.90. The summed E-state index contributed by atoms with van der Waals surface area (Å²) in [6.07, 6.45) is 4.24. The second-order valence-electron chi connectivity index (χ2n) is 6.36. The van der Waals surface area contributed by atoms with Crippen molar-refractivity contribution in [2.45, 2.75) is 38.6 Å². The summed E-state index contributed by atoms with van der Waals surface area (Å²) in [7, 11) is 1.47. The molecule has 22 heavy (non-hydrogen) atoms. The van der Waals surface area contributed by atoms with Crippen molar-refractivity contribution >= 4 is 6.09 Å². The average molecular weight is 297 g/mol. The fourth-order valence-corrected chi connectivity index (χ4v) is 3.90. The summed E-state index contributed by atoms with van der Waals surface area (Å²) in [5.74, 6) is 7.73. The van der Waals surface area contributed by atoms with Gasteiger partial charge in [-0.05, 0) is 49.8 Å². The van der Waals surface area contributed by atoms with Crippen molar-refractivity contribution < 1.29 is 9.53 Å². The summed E-state index contributed by atoms with van der Waals surface area (Å²) in [5.41, 5.74) is 2.33. The van der Waals surface area contributed by atoms with Gasteiger partial charge in [0.05, 0.1) is 7.11 Å². The molecule has 1 saturated heterocycles. The molecule has 1 aromatic carbocycles. The molecule has 0 bridgehead atoms. The number of aryl methyl sites for hydroxylation is 1. The van der Waals surface area contributed by atoms with Gasteiger partial charge in [-0.3, -0.25) is 0 Å². The van der Waals surface area contributed by atoms with E-state index in [1.807, 2.05) is 4.90 Å². The highest BCUT2D eigenvalue weighted by molar-refractivity contribution is 5.68. The number of benzene rings is 1. The minimum atomic E-state index is -0.181. The van der Waals surface area contributed by atoms with Crippen LogP contribution in [0.4, 0.5) is 4.79 Å². The van der Waals surface area contributed by atoms with Gasteiger partial charge >= 0.3 is 6.09 Å². The number of amides is 1. The van der Waals surface area contributed by atoms with E-state index in [2.05, 4.69) is 43.0 Å². The van der Waals surface area contributed by atoms with E-state index < -0.39 is 0 Å². The lowest BCUT2D eigenvalue weighted by Gasteiger charge is -2.34. The largest absolute Gasteiger partial charge is 0.453 e. The number of ether oxygens (including phenoxy) is 1. The molecule has 1 aliphatic carbocycles. The lowest BCUT2D eigenvalue weighted by molar-refractivity contribution is 0.101. The Balaban J connectivity index is 1.75. The Morgan fingerprint density at radius 3 is 2.95 bits per heavy atom. The Morgan fingerprint density at radius 2 is 2.18 bits per heavy atom. The van der Waals surface area contributed by atoms with Crippen LogP contribution in [0.1, 0.15) is 36.8 Å². The highest BCUT2D eigenvalue weighted by Gasteiger charge is 2.43. The number of nitrogens with zero attached hydrogens (tertiary/aromatic N) is 1. The van der Waals surface area contributed by atoms with Crippen LogP contribution in [0, 0.1) is 30.6 Å². The number of carbonyl (C=O) groups excluding carboxylic acids is 1. The molecule has 0 radical (unpaired) electrons. The molecule has 2 fully saturated rings. The van der Waals surface area contributed by atoms with Crippen molar-refractivity contribution in [2.75, 3.05) is 13.7 Å². The summed E-state index contributed by atoms with van der Waals surface area (Å²) in [6, 6.07) is 8.65. The number of likely N-dealkylation sites (tertiary alicyclic amines) is 1. The van der Waals surface area contributed by atoms with Crippen molar-refractivity contribution in [1.29, 1.82) is 0 Å². The number of carbonyl (C=O) groups is 1. The van der Waals surface area contributed by atoms with Crippen molar-refractivity contribution in [3.63, 3.8) is 0 Å². The third-order valence-corrected chi connectivity index (χ3v) is 4.96. The third-order valence-electron chi connectivity index (χ3n) is 4.96. The maximum atomic E-state index is 11.9. The third kappa shape index (κ3) is 2.97. The Bertz CT molecular complexity index is 613. The summed E-state index contributed by atoms with van der Waals surface area (Å²) < 4.78 is 4.91. The second-order valence-corrected chi connectivity index (χ2v) is 6.36. The average Bonchev–Trinajstić information content (AvgIpc) is 2.97. The van der Waals surface area contributed by atoms with E-state index in [1.165, 1.54) is 12.7 Å². The maximum absolute atomic E-state index is 11.9. The monoisotopic (exact) mass is 297 g/mol. The molecule has 3 rings (SSSR count). The first-order chi connectivity index (χ1) is 10.7. The first-order valence-corrected chi connectivity index (χ1v) is 8.12. The van der Waals surface area contributed by atoms with Crippen LogP contribution in [0.5, 0.6) is 0 Å². The Kier molecular flexibility index (Phi) is 4.38. The molecule has 1 heterocycles. The zero-order chi connectivity index (χ0) is 15.5. The van der Waals surface area contributed by atoms with Crippen LogP contribution in [0.2, 0.25) is 0 Å². The standard InChI is InChI=1S/C19H23NO2/c1-14-5-3-6-15(13-14)9-10-16-7-4-8-18-17(16)11-12-20(18)19(21)22-2/h3,5-6,13,16-18H,4,7-8,11-12H2,1-2H3. The van der Waals surface area contributed by atoms with Gasteiger partial charge in [-0.1, -0.05) is 30.4 Å².